The average molecular weight is 351 g/mol. The molecule has 0 aliphatic rings. The van der Waals surface area contributed by atoms with Gasteiger partial charge in [0.05, 0.1) is 0 Å². The van der Waals surface area contributed by atoms with E-state index in [1.807, 2.05) is 60.7 Å². The molecule has 0 aliphatic heterocycles. The maximum absolute atomic E-state index is 4.83. The zero-order valence-corrected chi connectivity index (χ0v) is 15.6. The summed E-state index contributed by atoms with van der Waals surface area (Å²) in [5.74, 6) is 2.12. The van der Waals surface area contributed by atoms with Crippen molar-refractivity contribution in [2.45, 2.75) is 20.3 Å². The summed E-state index contributed by atoms with van der Waals surface area (Å²) in [5, 5.41) is 0. The van der Waals surface area contributed by atoms with Gasteiger partial charge in [-0.1, -0.05) is 85.8 Å². The number of hydrogen-bond donors (Lipinski definition) is 0. The standard InChI is InChI=1S/C24H21N3/c1-3-20-17(2)11-10-16-21(20)24-26-22(18-12-6-4-7-13-18)25-23(27-24)19-14-8-5-9-15-19/h4-16H,3H2,1-2H3. The Labute approximate surface area is 159 Å². The van der Waals surface area contributed by atoms with Crippen LogP contribution in [0.1, 0.15) is 18.1 Å². The zero-order chi connectivity index (χ0) is 18.6. The average Bonchev–Trinajstić information content (AvgIpc) is 2.74. The molecule has 4 rings (SSSR count). The van der Waals surface area contributed by atoms with Crippen molar-refractivity contribution in [3.8, 4) is 34.2 Å². The first-order valence-electron chi connectivity index (χ1n) is 9.22. The first-order chi connectivity index (χ1) is 13.3. The van der Waals surface area contributed by atoms with Gasteiger partial charge in [-0.25, -0.2) is 15.0 Å². The molecule has 0 bridgehead atoms. The molecule has 27 heavy (non-hydrogen) atoms. The second kappa shape index (κ2) is 7.50. The van der Waals surface area contributed by atoms with Crippen LogP contribution in [-0.2, 0) is 6.42 Å². The van der Waals surface area contributed by atoms with Gasteiger partial charge < -0.3 is 0 Å². The molecular weight excluding hydrogens is 330 g/mol. The molecular formula is C24H21N3. The van der Waals surface area contributed by atoms with Crippen LogP contribution in [-0.4, -0.2) is 15.0 Å². The van der Waals surface area contributed by atoms with Crippen LogP contribution in [0, 0.1) is 6.92 Å². The monoisotopic (exact) mass is 351 g/mol. The molecule has 0 unspecified atom stereocenters. The Hall–Kier alpha value is -3.33. The van der Waals surface area contributed by atoms with Crippen molar-refractivity contribution in [1.29, 1.82) is 0 Å². The van der Waals surface area contributed by atoms with Crippen molar-refractivity contribution < 1.29 is 0 Å². The van der Waals surface area contributed by atoms with Gasteiger partial charge in [-0.3, -0.25) is 0 Å². The number of hydrogen-bond acceptors (Lipinski definition) is 3. The van der Waals surface area contributed by atoms with E-state index in [1.54, 1.807) is 0 Å². The van der Waals surface area contributed by atoms with E-state index in [0.29, 0.717) is 11.6 Å². The summed E-state index contributed by atoms with van der Waals surface area (Å²) in [5.41, 5.74) is 5.60. The minimum atomic E-state index is 0.697. The summed E-state index contributed by atoms with van der Waals surface area (Å²) in [6, 6.07) is 26.5. The third kappa shape index (κ3) is 3.49. The summed E-state index contributed by atoms with van der Waals surface area (Å²) >= 11 is 0. The molecule has 3 aromatic carbocycles. The minimum Gasteiger partial charge on any atom is -0.208 e. The Balaban J connectivity index is 1.96. The van der Waals surface area contributed by atoms with Crippen LogP contribution in [0.3, 0.4) is 0 Å². The predicted octanol–water partition coefficient (Wildman–Crippen LogP) is 5.74. The SMILES string of the molecule is CCc1c(C)cccc1-c1nc(-c2ccccc2)nc(-c2ccccc2)n1. The quantitative estimate of drug-likeness (QED) is 0.470. The van der Waals surface area contributed by atoms with Gasteiger partial charge in [0.1, 0.15) is 0 Å². The largest absolute Gasteiger partial charge is 0.208 e. The number of nitrogens with zero attached hydrogens (tertiary/aromatic N) is 3. The normalized spacial score (nSPS) is 10.7. The summed E-state index contributed by atoms with van der Waals surface area (Å²) in [6.45, 7) is 4.31. The number of benzene rings is 3. The van der Waals surface area contributed by atoms with E-state index in [0.717, 1.165) is 28.9 Å². The molecule has 1 heterocycles. The van der Waals surface area contributed by atoms with Crippen LogP contribution in [0.5, 0.6) is 0 Å². The number of aryl methyl sites for hydroxylation is 1. The fraction of sp³-hybridized carbons (Fsp3) is 0.125. The van der Waals surface area contributed by atoms with Gasteiger partial charge in [-0.15, -0.1) is 0 Å². The van der Waals surface area contributed by atoms with Gasteiger partial charge in [0, 0.05) is 16.7 Å². The van der Waals surface area contributed by atoms with Crippen molar-refractivity contribution in [1.82, 2.24) is 15.0 Å². The molecule has 3 heteroatoms. The Morgan fingerprint density at radius 1 is 0.593 bits per heavy atom. The summed E-state index contributed by atoms with van der Waals surface area (Å²) in [7, 11) is 0. The highest BCUT2D eigenvalue weighted by molar-refractivity contribution is 5.68. The van der Waals surface area contributed by atoms with Crippen molar-refractivity contribution in [2.24, 2.45) is 0 Å². The third-order valence-corrected chi connectivity index (χ3v) is 4.70. The van der Waals surface area contributed by atoms with E-state index in [1.165, 1.54) is 11.1 Å². The molecule has 0 atom stereocenters. The van der Waals surface area contributed by atoms with Gasteiger partial charge >= 0.3 is 0 Å². The van der Waals surface area contributed by atoms with Gasteiger partial charge in [-0.05, 0) is 24.5 Å². The van der Waals surface area contributed by atoms with Gasteiger partial charge in [0.25, 0.3) is 0 Å². The fourth-order valence-electron chi connectivity index (χ4n) is 3.31. The van der Waals surface area contributed by atoms with Crippen LogP contribution in [0.2, 0.25) is 0 Å². The molecule has 0 saturated heterocycles. The van der Waals surface area contributed by atoms with Gasteiger partial charge in [0.2, 0.25) is 0 Å². The van der Waals surface area contributed by atoms with E-state index < -0.39 is 0 Å². The number of rotatable bonds is 4. The van der Waals surface area contributed by atoms with Crippen molar-refractivity contribution in [2.75, 3.05) is 0 Å². The van der Waals surface area contributed by atoms with E-state index >= 15 is 0 Å². The van der Waals surface area contributed by atoms with Crippen LogP contribution >= 0.6 is 0 Å². The molecule has 0 fully saturated rings. The maximum Gasteiger partial charge on any atom is 0.164 e. The Morgan fingerprint density at radius 3 is 1.63 bits per heavy atom. The second-order valence-corrected chi connectivity index (χ2v) is 6.49. The predicted molar refractivity (Wildman–Crippen MR) is 110 cm³/mol. The molecule has 0 amide bonds. The molecule has 1 aromatic heterocycles. The molecule has 3 nitrogen and oxygen atoms in total. The molecule has 132 valence electrons. The first-order valence-corrected chi connectivity index (χ1v) is 9.22. The van der Waals surface area contributed by atoms with Crippen LogP contribution in [0.25, 0.3) is 34.2 Å². The highest BCUT2D eigenvalue weighted by atomic mass is 15.0. The third-order valence-electron chi connectivity index (χ3n) is 4.70. The van der Waals surface area contributed by atoms with Crippen molar-refractivity contribution >= 4 is 0 Å². The lowest BCUT2D eigenvalue weighted by Crippen LogP contribution is -2.02. The summed E-state index contributed by atoms with van der Waals surface area (Å²) in [6.07, 6.45) is 0.940. The smallest absolute Gasteiger partial charge is 0.164 e. The lowest BCUT2D eigenvalue weighted by atomic mass is 9.99. The highest BCUT2D eigenvalue weighted by Gasteiger charge is 2.14. The molecule has 4 aromatic rings. The second-order valence-electron chi connectivity index (χ2n) is 6.49. The van der Waals surface area contributed by atoms with Crippen LogP contribution in [0.15, 0.2) is 78.9 Å². The molecule has 0 saturated carbocycles. The van der Waals surface area contributed by atoms with E-state index in [-0.39, 0.29) is 0 Å². The van der Waals surface area contributed by atoms with E-state index in [4.69, 9.17) is 15.0 Å². The fourth-order valence-corrected chi connectivity index (χ4v) is 3.31. The molecule has 0 spiro atoms. The molecule has 0 radical (unpaired) electrons. The number of aromatic nitrogens is 3. The van der Waals surface area contributed by atoms with Crippen molar-refractivity contribution in [3.63, 3.8) is 0 Å². The lowest BCUT2D eigenvalue weighted by Gasteiger charge is -2.12. The van der Waals surface area contributed by atoms with Gasteiger partial charge in [-0.2, -0.15) is 0 Å². The van der Waals surface area contributed by atoms with Crippen LogP contribution in [0.4, 0.5) is 0 Å². The maximum atomic E-state index is 4.83. The molecule has 0 aliphatic carbocycles. The van der Waals surface area contributed by atoms with Crippen LogP contribution < -0.4 is 0 Å². The highest BCUT2D eigenvalue weighted by Crippen LogP contribution is 2.28. The zero-order valence-electron chi connectivity index (χ0n) is 15.6. The minimum absolute atomic E-state index is 0.697. The van der Waals surface area contributed by atoms with E-state index in [2.05, 4.69) is 32.0 Å². The summed E-state index contributed by atoms with van der Waals surface area (Å²) < 4.78 is 0. The van der Waals surface area contributed by atoms with Crippen molar-refractivity contribution in [3.05, 3.63) is 90.0 Å². The Kier molecular flexibility index (Phi) is 4.75. The topological polar surface area (TPSA) is 38.7 Å². The summed E-state index contributed by atoms with van der Waals surface area (Å²) in [4.78, 5) is 14.4. The lowest BCUT2D eigenvalue weighted by molar-refractivity contribution is 1.05. The Bertz CT molecular complexity index is 1000. The first kappa shape index (κ1) is 17.1. The molecule has 0 N–H and O–H groups in total. The van der Waals surface area contributed by atoms with Gasteiger partial charge in [0.15, 0.2) is 17.5 Å². The Morgan fingerprint density at radius 2 is 1.11 bits per heavy atom. The van der Waals surface area contributed by atoms with E-state index in [9.17, 15) is 0 Å².